The molecule has 0 amide bonds. The average Bonchev–Trinajstić information content (AvgIpc) is 3.22. The zero-order valence-electron chi connectivity index (χ0n) is 16.8. The topological polar surface area (TPSA) is 125 Å². The van der Waals surface area contributed by atoms with E-state index >= 15 is 8.78 Å². The molecule has 2 heterocycles. The number of ether oxygens (including phenoxy) is 1. The molecule has 2 aromatic heterocycles. The van der Waals surface area contributed by atoms with Crippen LogP contribution in [0.3, 0.4) is 0 Å². The minimum Gasteiger partial charge on any atom is -0.479 e. The van der Waals surface area contributed by atoms with E-state index in [1.165, 1.54) is 13.3 Å². The summed E-state index contributed by atoms with van der Waals surface area (Å²) in [6.07, 6.45) is 1.17. The number of fused-ring (bicyclic) bond motifs is 1. The Hall–Kier alpha value is -3.84. The predicted octanol–water partition coefficient (Wildman–Crippen LogP) is 4.07. The third-order valence-corrected chi connectivity index (χ3v) is 5.80. The molecule has 34 heavy (non-hydrogen) atoms. The van der Waals surface area contributed by atoms with Gasteiger partial charge in [0.1, 0.15) is 17.0 Å². The highest BCUT2D eigenvalue weighted by atomic mass is 35.5. The van der Waals surface area contributed by atoms with E-state index in [0.29, 0.717) is 4.31 Å². The van der Waals surface area contributed by atoms with Crippen molar-refractivity contribution < 1.29 is 36.2 Å². The Morgan fingerprint density at radius 3 is 2.53 bits per heavy atom. The van der Waals surface area contributed by atoms with Crippen LogP contribution in [0.4, 0.5) is 24.5 Å². The molecule has 0 aliphatic carbocycles. The van der Waals surface area contributed by atoms with Crippen molar-refractivity contribution in [1.29, 1.82) is 0 Å². The lowest BCUT2D eigenvalue weighted by atomic mass is 10.0. The van der Waals surface area contributed by atoms with E-state index < -0.39 is 62.3 Å². The lowest BCUT2D eigenvalue weighted by Crippen LogP contribution is -2.18. The summed E-state index contributed by atoms with van der Waals surface area (Å²) >= 11 is 5.91. The third-order valence-electron chi connectivity index (χ3n) is 4.83. The van der Waals surface area contributed by atoms with Crippen molar-refractivity contribution in [3.63, 3.8) is 0 Å². The van der Waals surface area contributed by atoms with Crippen molar-refractivity contribution >= 4 is 50.7 Å². The monoisotopic (exact) mass is 512 g/mol. The number of pyridine rings is 1. The number of aromatic carboxylic acids is 1. The van der Waals surface area contributed by atoms with Gasteiger partial charge in [-0.05, 0) is 24.3 Å². The minimum absolute atomic E-state index is 0.00497. The first-order valence-corrected chi connectivity index (χ1v) is 10.7. The first-order chi connectivity index (χ1) is 16.1. The normalized spacial score (nSPS) is 11.2. The number of H-pyrrole nitrogens is 1. The number of rotatable bonds is 6. The lowest BCUT2D eigenvalue weighted by Gasteiger charge is -2.21. The Morgan fingerprint density at radius 2 is 1.88 bits per heavy atom. The maximum absolute atomic E-state index is 15.6. The zero-order chi connectivity index (χ0) is 24.7. The number of hydrogen-bond acceptors (Lipinski definition) is 6. The summed E-state index contributed by atoms with van der Waals surface area (Å²) in [5, 5.41) is 14.7. The molecule has 0 aliphatic rings. The maximum Gasteiger partial charge on any atom is 0.357 e. The van der Waals surface area contributed by atoms with Crippen LogP contribution in [0.5, 0.6) is 5.88 Å². The molecule has 0 bridgehead atoms. The molecule has 0 saturated carbocycles. The summed E-state index contributed by atoms with van der Waals surface area (Å²) < 4.78 is 75.3. The van der Waals surface area contributed by atoms with Crippen molar-refractivity contribution in [3.05, 3.63) is 64.7 Å². The molecule has 2 N–H and O–H groups in total. The second-order valence-electron chi connectivity index (χ2n) is 6.71. The van der Waals surface area contributed by atoms with Crippen LogP contribution in [-0.2, 0) is 10.9 Å². The number of thiol groups is 1. The largest absolute Gasteiger partial charge is 0.479 e. The molecule has 14 heteroatoms. The van der Waals surface area contributed by atoms with Crippen LogP contribution in [0.25, 0.3) is 22.0 Å². The highest BCUT2D eigenvalue weighted by Crippen LogP contribution is 2.40. The smallest absolute Gasteiger partial charge is 0.357 e. The summed E-state index contributed by atoms with van der Waals surface area (Å²) in [6, 6.07) is 4.83. The molecule has 0 saturated heterocycles. The Bertz CT molecular complexity index is 1530. The lowest BCUT2D eigenvalue weighted by molar-refractivity contribution is 0.0692. The van der Waals surface area contributed by atoms with Crippen LogP contribution in [0, 0.1) is 17.5 Å². The molecule has 0 aliphatic heterocycles. The quantitative estimate of drug-likeness (QED) is 0.332. The van der Waals surface area contributed by atoms with Crippen LogP contribution >= 0.6 is 11.6 Å². The SMILES string of the molecule is COc1ncc(Cl)cc1N(c1ccc(F)c(-c2ccc3c(C(=O)O)n[nH]c3c2F)c1F)[SH](=O)=O. The van der Waals surface area contributed by atoms with E-state index in [9.17, 15) is 17.6 Å². The van der Waals surface area contributed by atoms with Gasteiger partial charge in [-0.3, -0.25) is 5.10 Å². The van der Waals surface area contributed by atoms with Crippen LogP contribution in [0.1, 0.15) is 10.5 Å². The van der Waals surface area contributed by atoms with E-state index in [1.54, 1.807) is 0 Å². The van der Waals surface area contributed by atoms with Crippen molar-refractivity contribution in [3.8, 4) is 17.0 Å². The first-order valence-electron chi connectivity index (χ1n) is 9.17. The molecule has 4 aromatic rings. The minimum atomic E-state index is -3.58. The highest BCUT2D eigenvalue weighted by molar-refractivity contribution is 7.74. The maximum atomic E-state index is 15.6. The number of carboxylic acids is 1. The van der Waals surface area contributed by atoms with Crippen molar-refractivity contribution in [2.24, 2.45) is 0 Å². The van der Waals surface area contributed by atoms with E-state index in [1.807, 2.05) is 0 Å². The van der Waals surface area contributed by atoms with Gasteiger partial charge in [-0.25, -0.2) is 35.7 Å². The number of nitrogens with one attached hydrogen (secondary N) is 1. The van der Waals surface area contributed by atoms with Crippen molar-refractivity contribution in [1.82, 2.24) is 15.2 Å². The number of carbonyl (C=O) groups is 1. The summed E-state index contributed by atoms with van der Waals surface area (Å²) in [5.41, 5.74) is -3.29. The Balaban J connectivity index is 1.97. The number of aromatic nitrogens is 3. The highest BCUT2D eigenvalue weighted by Gasteiger charge is 2.27. The van der Waals surface area contributed by atoms with Gasteiger partial charge in [0, 0.05) is 17.1 Å². The molecule has 2 aromatic carbocycles. The second-order valence-corrected chi connectivity index (χ2v) is 8.03. The van der Waals surface area contributed by atoms with Gasteiger partial charge >= 0.3 is 5.97 Å². The van der Waals surface area contributed by atoms with Crippen LogP contribution in [0.2, 0.25) is 5.02 Å². The fraction of sp³-hybridized carbons (Fsp3) is 0.0500. The summed E-state index contributed by atoms with van der Waals surface area (Å²) in [5.74, 6) is -5.46. The Kier molecular flexibility index (Phi) is 6.06. The van der Waals surface area contributed by atoms with Gasteiger partial charge in [-0.1, -0.05) is 17.7 Å². The number of nitrogens with zero attached hydrogens (tertiary/aromatic N) is 3. The molecule has 0 fully saturated rings. The van der Waals surface area contributed by atoms with Crippen LogP contribution in [-0.4, -0.2) is 41.8 Å². The van der Waals surface area contributed by atoms with Crippen molar-refractivity contribution in [2.45, 2.75) is 0 Å². The number of benzene rings is 2. The first kappa shape index (κ1) is 23.3. The fourth-order valence-electron chi connectivity index (χ4n) is 3.39. The number of anilines is 2. The number of carboxylic acid groups (broad SMARTS) is 1. The molecular formula is C20H12ClF3N4O5S. The van der Waals surface area contributed by atoms with Gasteiger partial charge in [-0.2, -0.15) is 5.10 Å². The summed E-state index contributed by atoms with van der Waals surface area (Å²) in [7, 11) is -2.38. The molecule has 4 rings (SSSR count). The van der Waals surface area contributed by atoms with E-state index in [-0.39, 0.29) is 22.0 Å². The van der Waals surface area contributed by atoms with Gasteiger partial charge < -0.3 is 9.84 Å². The zero-order valence-corrected chi connectivity index (χ0v) is 18.5. The van der Waals surface area contributed by atoms with Gasteiger partial charge in [-0.15, -0.1) is 0 Å². The van der Waals surface area contributed by atoms with Gasteiger partial charge in [0.2, 0.25) is 16.8 Å². The molecule has 0 radical (unpaired) electrons. The van der Waals surface area contributed by atoms with Crippen molar-refractivity contribution in [2.75, 3.05) is 11.4 Å². The fourth-order valence-corrected chi connectivity index (χ4v) is 4.20. The molecule has 9 nitrogen and oxygen atoms in total. The third kappa shape index (κ3) is 3.78. The number of aromatic amines is 1. The van der Waals surface area contributed by atoms with Crippen LogP contribution < -0.4 is 9.04 Å². The number of methoxy groups -OCH3 is 1. The summed E-state index contributed by atoms with van der Waals surface area (Å²) in [4.78, 5) is 15.1. The van der Waals surface area contributed by atoms with E-state index in [2.05, 4.69) is 15.2 Å². The molecule has 0 spiro atoms. The van der Waals surface area contributed by atoms with E-state index in [4.69, 9.17) is 21.4 Å². The Morgan fingerprint density at radius 1 is 1.15 bits per heavy atom. The van der Waals surface area contributed by atoms with E-state index in [0.717, 1.165) is 30.3 Å². The standard InChI is InChI=1S/C20H12ClF3N4O5S/c1-33-19-13(6-8(21)7-25-19)28(34(31)32)12-5-4-11(22)14(16(12)24)9-2-3-10-17(15(9)23)26-27-18(10)20(29)30/h2-7,34H,1H3,(H,26,27)(H,29,30). The molecule has 0 unspecified atom stereocenters. The summed E-state index contributed by atoms with van der Waals surface area (Å²) in [6.45, 7) is 0. The predicted molar refractivity (Wildman–Crippen MR) is 117 cm³/mol. The number of halogens is 4. The van der Waals surface area contributed by atoms with Gasteiger partial charge in [0.05, 0.1) is 23.4 Å². The molecular weight excluding hydrogens is 501 g/mol. The molecule has 176 valence electrons. The Labute approximate surface area is 195 Å². The van der Waals surface area contributed by atoms with Gasteiger partial charge in [0.15, 0.2) is 17.3 Å². The van der Waals surface area contributed by atoms with Crippen LogP contribution in [0.15, 0.2) is 36.5 Å². The average molecular weight is 513 g/mol. The second kappa shape index (κ2) is 8.83. The molecule has 0 atom stereocenters. The van der Waals surface area contributed by atoms with Gasteiger partial charge in [0.25, 0.3) is 0 Å². The number of hydrogen-bond donors (Lipinski definition) is 3.